The van der Waals surface area contributed by atoms with Crippen LogP contribution < -0.4 is 4.74 Å². The molecule has 0 radical (unpaired) electrons. The molecule has 0 spiro atoms. The van der Waals surface area contributed by atoms with Crippen molar-refractivity contribution in [1.82, 2.24) is 0 Å². The number of ether oxygens (including phenoxy) is 2. The summed E-state index contributed by atoms with van der Waals surface area (Å²) >= 11 is 0. The quantitative estimate of drug-likeness (QED) is 0.638. The van der Waals surface area contributed by atoms with Crippen molar-refractivity contribution in [3.63, 3.8) is 0 Å². The summed E-state index contributed by atoms with van der Waals surface area (Å²) in [6.07, 6.45) is -5.10. The van der Waals surface area contributed by atoms with Crippen LogP contribution in [0.3, 0.4) is 0 Å². The van der Waals surface area contributed by atoms with E-state index in [1.807, 2.05) is 12.1 Å². The van der Waals surface area contributed by atoms with Crippen LogP contribution in [-0.4, -0.2) is 51.6 Å². The SMILES string of the molecule is Oc1ccc2ccccc2c1O[C@@H]1OC[C@@H](O)[C@H](O)[C@H]1O. The molecule has 0 bridgehead atoms. The zero-order valence-electron chi connectivity index (χ0n) is 11.1. The molecular weight excluding hydrogens is 276 g/mol. The topological polar surface area (TPSA) is 99.4 Å². The highest BCUT2D eigenvalue weighted by atomic mass is 16.7. The van der Waals surface area contributed by atoms with Gasteiger partial charge in [-0.15, -0.1) is 0 Å². The first-order valence-electron chi connectivity index (χ1n) is 6.61. The number of phenols is 1. The molecular formula is C15H16O6. The van der Waals surface area contributed by atoms with Crippen LogP contribution in [0.4, 0.5) is 0 Å². The highest BCUT2D eigenvalue weighted by molar-refractivity contribution is 5.90. The van der Waals surface area contributed by atoms with E-state index in [-0.39, 0.29) is 18.1 Å². The van der Waals surface area contributed by atoms with E-state index in [9.17, 15) is 20.4 Å². The van der Waals surface area contributed by atoms with E-state index in [4.69, 9.17) is 9.47 Å². The number of phenolic OH excluding ortho intramolecular Hbond substituents is 1. The van der Waals surface area contributed by atoms with Gasteiger partial charge in [-0.1, -0.05) is 30.3 Å². The van der Waals surface area contributed by atoms with Crippen LogP contribution in [0.25, 0.3) is 10.8 Å². The van der Waals surface area contributed by atoms with Crippen LogP contribution >= 0.6 is 0 Å². The average Bonchev–Trinajstić information content (AvgIpc) is 2.50. The van der Waals surface area contributed by atoms with Gasteiger partial charge in [0.15, 0.2) is 11.5 Å². The van der Waals surface area contributed by atoms with Gasteiger partial charge in [-0.25, -0.2) is 0 Å². The van der Waals surface area contributed by atoms with Crippen molar-refractivity contribution in [2.45, 2.75) is 24.6 Å². The lowest BCUT2D eigenvalue weighted by molar-refractivity contribution is -0.241. The summed E-state index contributed by atoms with van der Waals surface area (Å²) in [5.74, 6) is 0.0749. The second-order valence-electron chi connectivity index (χ2n) is 5.00. The number of rotatable bonds is 2. The molecule has 4 atom stereocenters. The molecule has 0 aliphatic carbocycles. The Labute approximate surface area is 120 Å². The summed E-state index contributed by atoms with van der Waals surface area (Å²) in [5.41, 5.74) is 0. The van der Waals surface area contributed by atoms with Crippen LogP contribution in [0.5, 0.6) is 11.5 Å². The molecule has 2 aromatic carbocycles. The summed E-state index contributed by atoms with van der Waals surface area (Å²) in [6, 6.07) is 10.5. The Morgan fingerprint density at radius 1 is 1.00 bits per heavy atom. The zero-order valence-corrected chi connectivity index (χ0v) is 11.1. The standard InChI is InChI=1S/C15H16O6/c16-10-6-5-8-3-1-2-4-9(8)14(10)21-15-13(19)12(18)11(17)7-20-15/h1-6,11-13,15-19H,7H2/t11-,12+,13-,15+/m1/s1. The minimum Gasteiger partial charge on any atom is -0.504 e. The first kappa shape index (κ1) is 14.1. The number of aliphatic hydroxyl groups excluding tert-OH is 3. The molecule has 112 valence electrons. The van der Waals surface area contributed by atoms with E-state index in [1.165, 1.54) is 6.07 Å². The van der Waals surface area contributed by atoms with Gasteiger partial charge in [0.2, 0.25) is 6.29 Å². The van der Waals surface area contributed by atoms with Crippen molar-refractivity contribution in [3.05, 3.63) is 36.4 Å². The second kappa shape index (κ2) is 5.50. The van der Waals surface area contributed by atoms with E-state index >= 15 is 0 Å². The molecule has 1 saturated heterocycles. The molecule has 1 aliphatic rings. The van der Waals surface area contributed by atoms with Crippen LogP contribution in [-0.2, 0) is 4.74 Å². The van der Waals surface area contributed by atoms with Crippen molar-refractivity contribution in [3.8, 4) is 11.5 Å². The maximum Gasteiger partial charge on any atom is 0.229 e. The van der Waals surface area contributed by atoms with Crippen molar-refractivity contribution in [2.75, 3.05) is 6.61 Å². The van der Waals surface area contributed by atoms with E-state index < -0.39 is 24.6 Å². The highest BCUT2D eigenvalue weighted by Gasteiger charge is 2.39. The predicted octanol–water partition coefficient (Wildman–Crippen LogP) is 0.363. The van der Waals surface area contributed by atoms with Gasteiger partial charge in [0.1, 0.15) is 18.3 Å². The van der Waals surface area contributed by atoms with Gasteiger partial charge in [-0.05, 0) is 11.5 Å². The van der Waals surface area contributed by atoms with Crippen molar-refractivity contribution in [2.24, 2.45) is 0 Å². The molecule has 1 aliphatic heterocycles. The fourth-order valence-electron chi connectivity index (χ4n) is 2.35. The third-order valence-corrected chi connectivity index (χ3v) is 3.55. The van der Waals surface area contributed by atoms with Gasteiger partial charge in [-0.2, -0.15) is 0 Å². The zero-order chi connectivity index (χ0) is 15.0. The minimum atomic E-state index is -1.41. The number of benzene rings is 2. The predicted molar refractivity (Wildman–Crippen MR) is 74.0 cm³/mol. The Kier molecular flexibility index (Phi) is 3.69. The fourth-order valence-corrected chi connectivity index (χ4v) is 2.35. The first-order valence-corrected chi connectivity index (χ1v) is 6.61. The lowest BCUT2D eigenvalue weighted by Crippen LogP contribution is -2.54. The minimum absolute atomic E-state index is 0.0925. The van der Waals surface area contributed by atoms with E-state index in [0.29, 0.717) is 5.39 Å². The van der Waals surface area contributed by atoms with Gasteiger partial charge >= 0.3 is 0 Å². The average molecular weight is 292 g/mol. The van der Waals surface area contributed by atoms with Gasteiger partial charge in [0.05, 0.1) is 6.61 Å². The van der Waals surface area contributed by atoms with Crippen LogP contribution in [0.2, 0.25) is 0 Å². The molecule has 1 fully saturated rings. The summed E-state index contributed by atoms with van der Waals surface area (Å²) < 4.78 is 10.7. The molecule has 0 amide bonds. The van der Waals surface area contributed by atoms with E-state index in [2.05, 4.69) is 0 Å². The van der Waals surface area contributed by atoms with Crippen LogP contribution in [0.1, 0.15) is 0 Å². The molecule has 0 aromatic heterocycles. The van der Waals surface area contributed by atoms with Gasteiger partial charge in [-0.3, -0.25) is 0 Å². The van der Waals surface area contributed by atoms with Gasteiger partial charge in [0.25, 0.3) is 0 Å². The van der Waals surface area contributed by atoms with Gasteiger partial charge in [0, 0.05) is 5.39 Å². The lowest BCUT2D eigenvalue weighted by atomic mass is 10.1. The molecule has 3 rings (SSSR count). The number of fused-ring (bicyclic) bond motifs is 1. The normalized spacial score (nSPS) is 29.5. The maximum atomic E-state index is 9.97. The molecule has 2 aromatic rings. The number of aromatic hydroxyl groups is 1. The first-order chi connectivity index (χ1) is 10.1. The van der Waals surface area contributed by atoms with Crippen molar-refractivity contribution < 1.29 is 29.9 Å². The molecule has 0 unspecified atom stereocenters. The van der Waals surface area contributed by atoms with Crippen LogP contribution in [0, 0.1) is 0 Å². The summed E-state index contributed by atoms with van der Waals surface area (Å²) in [6.45, 7) is -0.158. The molecule has 6 heteroatoms. The van der Waals surface area contributed by atoms with E-state index in [1.54, 1.807) is 18.2 Å². The Balaban J connectivity index is 1.93. The number of hydrogen-bond acceptors (Lipinski definition) is 6. The van der Waals surface area contributed by atoms with Gasteiger partial charge < -0.3 is 29.9 Å². The summed E-state index contributed by atoms with van der Waals surface area (Å²) in [7, 11) is 0. The summed E-state index contributed by atoms with van der Waals surface area (Å²) in [4.78, 5) is 0. The third-order valence-electron chi connectivity index (χ3n) is 3.55. The van der Waals surface area contributed by atoms with E-state index in [0.717, 1.165) is 5.39 Å². The van der Waals surface area contributed by atoms with Crippen LogP contribution in [0.15, 0.2) is 36.4 Å². The molecule has 4 N–H and O–H groups in total. The molecule has 1 heterocycles. The fraction of sp³-hybridized carbons (Fsp3) is 0.333. The van der Waals surface area contributed by atoms with Crippen molar-refractivity contribution in [1.29, 1.82) is 0 Å². The molecule has 6 nitrogen and oxygen atoms in total. The Bertz CT molecular complexity index is 643. The Morgan fingerprint density at radius 2 is 1.76 bits per heavy atom. The highest BCUT2D eigenvalue weighted by Crippen LogP contribution is 2.36. The third kappa shape index (κ3) is 2.54. The number of hydrogen-bond donors (Lipinski definition) is 4. The van der Waals surface area contributed by atoms with Crippen molar-refractivity contribution >= 4 is 10.8 Å². The monoisotopic (exact) mass is 292 g/mol. The Hall–Kier alpha value is -1.86. The molecule has 0 saturated carbocycles. The molecule has 21 heavy (non-hydrogen) atoms. The Morgan fingerprint density at radius 3 is 2.57 bits per heavy atom. The smallest absolute Gasteiger partial charge is 0.229 e. The largest absolute Gasteiger partial charge is 0.504 e. The lowest BCUT2D eigenvalue weighted by Gasteiger charge is -2.35. The number of aliphatic hydroxyl groups is 3. The second-order valence-corrected chi connectivity index (χ2v) is 5.00. The maximum absolute atomic E-state index is 9.97. The summed E-state index contributed by atoms with van der Waals surface area (Å²) in [5, 5.41) is 40.5.